The average Bonchev–Trinajstić information content (AvgIpc) is 2.53. The maximum absolute atomic E-state index is 11.1. The number of carbonyl (C=O) groups excluding carboxylic acids is 1. The van der Waals surface area contributed by atoms with Crippen LogP contribution in [-0.2, 0) is 4.74 Å². The molecule has 0 amide bonds. The second kappa shape index (κ2) is 9.95. The van der Waals surface area contributed by atoms with E-state index in [-0.39, 0.29) is 17.4 Å². The fraction of sp³-hybridized carbons (Fsp3) is 0.500. The minimum absolute atomic E-state index is 0.0404. The third-order valence-corrected chi connectivity index (χ3v) is 3.25. The van der Waals surface area contributed by atoms with Gasteiger partial charge in [0.2, 0.25) is 0 Å². The topological polar surface area (TPSA) is 87.9 Å². The number of ether oxygens (including phenoxy) is 2. The highest BCUT2D eigenvalue weighted by Gasteiger charge is 2.22. The predicted molar refractivity (Wildman–Crippen MR) is 86.4 cm³/mol. The Morgan fingerprint density at radius 1 is 1.23 bits per heavy atom. The highest BCUT2D eigenvalue weighted by Crippen LogP contribution is 2.40. The van der Waals surface area contributed by atoms with Crippen molar-refractivity contribution < 1.29 is 23.7 Å². The Balaban J connectivity index is 0.00000211. The van der Waals surface area contributed by atoms with Crippen LogP contribution >= 0.6 is 8.81 Å². The molecule has 1 rings (SSSR count). The van der Waals surface area contributed by atoms with Crippen LogP contribution < -0.4 is 9.26 Å². The van der Waals surface area contributed by atoms with Gasteiger partial charge >= 0.3 is 5.71 Å². The van der Waals surface area contributed by atoms with E-state index < -0.39 is 19.4 Å². The molecule has 8 heteroatoms. The second-order valence-electron chi connectivity index (χ2n) is 4.17. The molecule has 0 saturated carbocycles. The molecule has 0 aliphatic heterocycles. The number of rotatable bonds is 6. The van der Waals surface area contributed by atoms with Crippen LogP contribution in [0.3, 0.4) is 0 Å². The van der Waals surface area contributed by atoms with Crippen LogP contribution in [0.4, 0.5) is 10.5 Å². The lowest BCUT2D eigenvalue weighted by atomic mass is 10.0. The largest absolute Gasteiger partial charge is 0.493 e. The van der Waals surface area contributed by atoms with Crippen molar-refractivity contribution in [3.63, 3.8) is 0 Å². The fourth-order valence-electron chi connectivity index (χ4n) is 1.56. The van der Waals surface area contributed by atoms with Gasteiger partial charge < -0.3 is 14.0 Å². The molecule has 0 heterocycles. The van der Waals surface area contributed by atoms with Crippen molar-refractivity contribution in [2.45, 2.75) is 33.6 Å². The molecule has 124 valence electrons. The maximum Gasteiger partial charge on any atom is 0.363 e. The van der Waals surface area contributed by atoms with Crippen molar-refractivity contribution in [1.29, 1.82) is 0 Å². The molecule has 1 unspecified atom stereocenters. The van der Waals surface area contributed by atoms with E-state index in [2.05, 4.69) is 4.74 Å². The van der Waals surface area contributed by atoms with Gasteiger partial charge in [0.15, 0.2) is 20.3 Å². The molecule has 0 aliphatic carbocycles. The summed E-state index contributed by atoms with van der Waals surface area (Å²) in [7, 11) is 2.07. The van der Waals surface area contributed by atoms with Gasteiger partial charge in [-0.05, 0) is 12.0 Å². The molecule has 0 bridgehead atoms. The highest BCUT2D eigenvalue weighted by molar-refractivity contribution is 7.52. The summed E-state index contributed by atoms with van der Waals surface area (Å²) < 4.78 is 14.8. The van der Waals surface area contributed by atoms with Crippen LogP contribution in [0.5, 0.6) is 11.5 Å². The molecule has 0 aromatic heterocycles. The molecule has 1 aromatic carbocycles. The average molecular weight is 331 g/mol. The Hall–Kier alpha value is -1.88. The standard InChI is InChI=1S/C12H16NO6P.C2H6/c1-7(2)8-5-10(17-3)11(6-9(8)13(15)16)19-20-12(14)18-4;1-2/h5-7,20H,1-4H3;1-2H3. The molecular formula is C14H22NO6P. The number of carbonyl (C=O) groups is 1. The molecule has 0 N–H and O–H groups in total. The van der Waals surface area contributed by atoms with E-state index in [1.807, 2.05) is 27.7 Å². The zero-order chi connectivity index (χ0) is 17.3. The summed E-state index contributed by atoms with van der Waals surface area (Å²) in [6, 6.07) is 2.82. The molecule has 0 saturated heterocycles. The Bertz CT molecular complexity index is 518. The SMILES string of the molecule is CC.COC(=O)POc1cc([N+](=O)[O-])c(C(C)C)cc1OC. The monoisotopic (exact) mass is 331 g/mol. The zero-order valence-electron chi connectivity index (χ0n) is 13.6. The van der Waals surface area contributed by atoms with E-state index in [0.29, 0.717) is 11.3 Å². The minimum Gasteiger partial charge on any atom is -0.493 e. The lowest BCUT2D eigenvalue weighted by Crippen LogP contribution is -2.00. The summed E-state index contributed by atoms with van der Waals surface area (Å²) in [5.74, 6) is 0.449. The fourth-order valence-corrected chi connectivity index (χ4v) is 2.00. The number of nitro groups is 1. The summed E-state index contributed by atoms with van der Waals surface area (Å²) in [5.41, 5.74) is -0.0753. The van der Waals surface area contributed by atoms with Crippen molar-refractivity contribution in [1.82, 2.24) is 0 Å². The highest BCUT2D eigenvalue weighted by atomic mass is 31.1. The summed E-state index contributed by atoms with van der Waals surface area (Å²) in [6.45, 7) is 7.69. The van der Waals surface area contributed by atoms with Gasteiger partial charge in [-0.25, -0.2) is 4.79 Å². The molecule has 0 radical (unpaired) electrons. The Morgan fingerprint density at radius 2 is 1.82 bits per heavy atom. The van der Waals surface area contributed by atoms with Gasteiger partial charge in [-0.15, -0.1) is 0 Å². The van der Waals surface area contributed by atoms with E-state index in [1.54, 1.807) is 6.07 Å². The van der Waals surface area contributed by atoms with Crippen molar-refractivity contribution in [3.05, 3.63) is 27.8 Å². The zero-order valence-corrected chi connectivity index (χ0v) is 14.6. The number of nitro benzene ring substituents is 1. The molecule has 22 heavy (non-hydrogen) atoms. The van der Waals surface area contributed by atoms with Crippen molar-refractivity contribution in [3.8, 4) is 11.5 Å². The smallest absolute Gasteiger partial charge is 0.363 e. The quantitative estimate of drug-likeness (QED) is 0.433. The maximum atomic E-state index is 11.1. The van der Waals surface area contributed by atoms with Gasteiger partial charge in [-0.3, -0.25) is 10.1 Å². The van der Waals surface area contributed by atoms with Crippen LogP contribution in [0, 0.1) is 10.1 Å². The Labute approximate surface area is 132 Å². The van der Waals surface area contributed by atoms with Crippen LogP contribution in [-0.4, -0.2) is 24.9 Å². The van der Waals surface area contributed by atoms with Crippen molar-refractivity contribution in [2.75, 3.05) is 14.2 Å². The van der Waals surface area contributed by atoms with Crippen molar-refractivity contribution in [2.24, 2.45) is 0 Å². The third-order valence-electron chi connectivity index (χ3n) is 2.56. The first kappa shape index (κ1) is 20.1. The van der Waals surface area contributed by atoms with Gasteiger partial charge in [0.1, 0.15) is 0 Å². The normalized spacial score (nSPS) is 10.1. The van der Waals surface area contributed by atoms with E-state index in [1.165, 1.54) is 20.3 Å². The van der Waals surface area contributed by atoms with Gasteiger partial charge in [-0.2, -0.15) is 0 Å². The van der Waals surface area contributed by atoms with Gasteiger partial charge in [0.05, 0.1) is 25.2 Å². The summed E-state index contributed by atoms with van der Waals surface area (Å²) >= 11 is 0. The first-order valence-corrected chi connectivity index (χ1v) is 7.68. The molecular weight excluding hydrogens is 309 g/mol. The number of benzene rings is 1. The Kier molecular flexibility index (Phi) is 9.10. The minimum atomic E-state index is -0.600. The lowest BCUT2D eigenvalue weighted by Gasteiger charge is -2.13. The van der Waals surface area contributed by atoms with Gasteiger partial charge in [0.25, 0.3) is 5.69 Å². The van der Waals surface area contributed by atoms with Gasteiger partial charge in [0, 0.05) is 5.56 Å². The van der Waals surface area contributed by atoms with Crippen LogP contribution in [0.25, 0.3) is 0 Å². The van der Waals surface area contributed by atoms with Crippen LogP contribution in [0.2, 0.25) is 0 Å². The first-order valence-electron chi connectivity index (χ1n) is 6.77. The number of hydrogen-bond donors (Lipinski definition) is 0. The van der Waals surface area contributed by atoms with E-state index in [4.69, 9.17) is 9.26 Å². The lowest BCUT2D eigenvalue weighted by molar-refractivity contribution is -0.385. The van der Waals surface area contributed by atoms with Gasteiger partial charge in [-0.1, -0.05) is 27.7 Å². The van der Waals surface area contributed by atoms with E-state index >= 15 is 0 Å². The molecule has 0 fully saturated rings. The third kappa shape index (κ3) is 5.48. The predicted octanol–water partition coefficient (Wildman–Crippen LogP) is 4.49. The first-order chi connectivity index (χ1) is 10.4. The molecule has 1 atom stereocenters. The summed E-state index contributed by atoms with van der Waals surface area (Å²) in [6.07, 6.45) is 0. The molecule has 1 aromatic rings. The summed E-state index contributed by atoms with van der Waals surface area (Å²) in [4.78, 5) is 21.7. The van der Waals surface area contributed by atoms with Crippen molar-refractivity contribution >= 4 is 20.2 Å². The second-order valence-corrected chi connectivity index (χ2v) is 4.99. The summed E-state index contributed by atoms with van der Waals surface area (Å²) in [5, 5.41) is 11.1. The van der Waals surface area contributed by atoms with E-state index in [0.717, 1.165) is 0 Å². The number of methoxy groups -OCH3 is 2. The Morgan fingerprint density at radius 3 is 2.23 bits per heavy atom. The van der Waals surface area contributed by atoms with Crippen LogP contribution in [0.15, 0.2) is 12.1 Å². The number of hydrogen-bond acceptors (Lipinski definition) is 6. The molecule has 7 nitrogen and oxygen atoms in total. The van der Waals surface area contributed by atoms with E-state index in [9.17, 15) is 14.9 Å². The molecule has 0 spiro atoms. The number of nitrogens with zero attached hydrogens (tertiary/aromatic N) is 1. The van der Waals surface area contributed by atoms with Crippen LogP contribution in [0.1, 0.15) is 39.2 Å². The molecule has 0 aliphatic rings.